The van der Waals surface area contributed by atoms with Crippen molar-refractivity contribution in [3.8, 4) is 6.07 Å². The molecule has 16 heavy (non-hydrogen) atoms. The van der Waals surface area contributed by atoms with Gasteiger partial charge in [0.1, 0.15) is 6.07 Å². The molecule has 2 rings (SSSR count). The fourth-order valence-electron chi connectivity index (χ4n) is 2.39. The van der Waals surface area contributed by atoms with E-state index in [1.807, 2.05) is 0 Å². The Morgan fingerprint density at radius 1 is 1.50 bits per heavy atom. The van der Waals surface area contributed by atoms with Gasteiger partial charge in [-0.15, -0.1) is 0 Å². The molecule has 2 atom stereocenters. The van der Waals surface area contributed by atoms with Crippen molar-refractivity contribution < 1.29 is 0 Å². The monoisotopic (exact) mass is 215 g/mol. The Balaban J connectivity index is 2.06. The molecule has 0 aliphatic heterocycles. The van der Waals surface area contributed by atoms with E-state index in [0.29, 0.717) is 11.6 Å². The van der Waals surface area contributed by atoms with E-state index in [1.165, 1.54) is 25.7 Å². The minimum absolute atomic E-state index is 0.500. The molecule has 0 spiro atoms. The highest BCUT2D eigenvalue weighted by atomic mass is 14.9. The highest BCUT2D eigenvalue weighted by Gasteiger charge is 2.19. The molecule has 1 heterocycles. The van der Waals surface area contributed by atoms with Crippen molar-refractivity contribution in [2.75, 3.05) is 5.32 Å². The molecule has 1 aliphatic rings. The van der Waals surface area contributed by atoms with Gasteiger partial charge in [0.15, 0.2) is 0 Å². The lowest BCUT2D eigenvalue weighted by Crippen LogP contribution is -2.26. The van der Waals surface area contributed by atoms with E-state index in [2.05, 4.69) is 23.3 Å². The molecule has 0 saturated heterocycles. The van der Waals surface area contributed by atoms with Gasteiger partial charge in [-0.1, -0.05) is 19.8 Å². The molecule has 1 fully saturated rings. The largest absolute Gasteiger partial charge is 0.380 e. The standard InChI is InChI=1S/C13H17N3/c1-10-3-2-4-12(7-10)16-13-9-15-6-5-11(13)8-14/h5-6,9-10,12,16H,2-4,7H2,1H3. The predicted octanol–water partition coefficient (Wildman–Crippen LogP) is 2.94. The number of aromatic nitrogens is 1. The van der Waals surface area contributed by atoms with Crippen LogP contribution in [0.2, 0.25) is 0 Å². The maximum absolute atomic E-state index is 8.98. The summed E-state index contributed by atoms with van der Waals surface area (Å²) in [6.07, 6.45) is 8.41. The number of nitrogens with one attached hydrogen (secondary N) is 1. The topological polar surface area (TPSA) is 48.7 Å². The third-order valence-electron chi connectivity index (χ3n) is 3.24. The summed E-state index contributed by atoms with van der Waals surface area (Å²) in [6.45, 7) is 2.29. The number of nitrogens with zero attached hydrogens (tertiary/aromatic N) is 2. The fraction of sp³-hybridized carbons (Fsp3) is 0.538. The van der Waals surface area contributed by atoms with Crippen LogP contribution in [0, 0.1) is 17.2 Å². The normalized spacial score (nSPS) is 24.8. The molecule has 0 bridgehead atoms. The average molecular weight is 215 g/mol. The van der Waals surface area contributed by atoms with Crippen LogP contribution in [0.15, 0.2) is 18.5 Å². The molecule has 0 radical (unpaired) electrons. The van der Waals surface area contributed by atoms with Crippen molar-refractivity contribution in [2.24, 2.45) is 5.92 Å². The second kappa shape index (κ2) is 4.98. The number of hydrogen-bond acceptors (Lipinski definition) is 3. The van der Waals surface area contributed by atoms with Crippen LogP contribution in [0.4, 0.5) is 5.69 Å². The Bertz CT molecular complexity index is 394. The molecule has 84 valence electrons. The first-order valence-corrected chi connectivity index (χ1v) is 5.90. The molecule has 2 unspecified atom stereocenters. The quantitative estimate of drug-likeness (QED) is 0.825. The lowest BCUT2D eigenvalue weighted by molar-refractivity contribution is 0.358. The van der Waals surface area contributed by atoms with Crippen molar-refractivity contribution in [3.05, 3.63) is 24.0 Å². The van der Waals surface area contributed by atoms with E-state index in [1.54, 1.807) is 18.5 Å². The Kier molecular flexibility index (Phi) is 3.40. The summed E-state index contributed by atoms with van der Waals surface area (Å²) in [4.78, 5) is 4.06. The van der Waals surface area contributed by atoms with Gasteiger partial charge in [0, 0.05) is 12.2 Å². The van der Waals surface area contributed by atoms with Crippen LogP contribution >= 0.6 is 0 Å². The molecule has 1 aromatic heterocycles. The zero-order valence-corrected chi connectivity index (χ0v) is 9.61. The number of anilines is 1. The summed E-state index contributed by atoms with van der Waals surface area (Å²) in [7, 11) is 0. The molecule has 3 nitrogen and oxygen atoms in total. The average Bonchev–Trinajstić information content (AvgIpc) is 2.30. The Hall–Kier alpha value is -1.56. The summed E-state index contributed by atoms with van der Waals surface area (Å²) >= 11 is 0. The molecule has 1 saturated carbocycles. The van der Waals surface area contributed by atoms with Crippen LogP contribution in [0.5, 0.6) is 0 Å². The molecule has 1 aromatic rings. The van der Waals surface area contributed by atoms with Crippen LogP contribution in [-0.2, 0) is 0 Å². The summed E-state index contributed by atoms with van der Waals surface area (Å²) in [5.74, 6) is 0.786. The van der Waals surface area contributed by atoms with Gasteiger partial charge in [-0.2, -0.15) is 5.26 Å². The van der Waals surface area contributed by atoms with Gasteiger partial charge in [0.2, 0.25) is 0 Å². The minimum atomic E-state index is 0.500. The van der Waals surface area contributed by atoms with Crippen molar-refractivity contribution in [1.82, 2.24) is 4.98 Å². The van der Waals surface area contributed by atoms with Gasteiger partial charge in [0.05, 0.1) is 17.4 Å². The summed E-state index contributed by atoms with van der Waals surface area (Å²) in [5.41, 5.74) is 1.57. The molecule has 3 heteroatoms. The van der Waals surface area contributed by atoms with Crippen LogP contribution in [0.25, 0.3) is 0 Å². The third-order valence-corrected chi connectivity index (χ3v) is 3.24. The second-order valence-electron chi connectivity index (χ2n) is 4.65. The van der Waals surface area contributed by atoms with Gasteiger partial charge in [-0.25, -0.2) is 0 Å². The minimum Gasteiger partial charge on any atom is -0.380 e. The van der Waals surface area contributed by atoms with Crippen molar-refractivity contribution in [2.45, 2.75) is 38.6 Å². The molecule has 0 aromatic carbocycles. The lowest BCUT2D eigenvalue weighted by atomic mass is 9.87. The first kappa shape index (κ1) is 10.9. The molecular formula is C13H17N3. The summed E-state index contributed by atoms with van der Waals surface area (Å²) in [5, 5.41) is 12.4. The number of rotatable bonds is 2. The number of nitriles is 1. The zero-order chi connectivity index (χ0) is 11.4. The van der Waals surface area contributed by atoms with E-state index >= 15 is 0 Å². The molecular weight excluding hydrogens is 198 g/mol. The van der Waals surface area contributed by atoms with Crippen molar-refractivity contribution in [1.29, 1.82) is 5.26 Å². The highest BCUT2D eigenvalue weighted by molar-refractivity contribution is 5.55. The van der Waals surface area contributed by atoms with Crippen LogP contribution in [0.3, 0.4) is 0 Å². The smallest absolute Gasteiger partial charge is 0.101 e. The van der Waals surface area contributed by atoms with Gasteiger partial charge < -0.3 is 5.32 Å². The second-order valence-corrected chi connectivity index (χ2v) is 4.65. The van der Waals surface area contributed by atoms with Crippen molar-refractivity contribution in [3.63, 3.8) is 0 Å². The summed E-state index contributed by atoms with van der Waals surface area (Å²) < 4.78 is 0. The molecule has 0 amide bonds. The van der Waals surface area contributed by atoms with Crippen molar-refractivity contribution >= 4 is 5.69 Å². The Morgan fingerprint density at radius 3 is 3.12 bits per heavy atom. The van der Waals surface area contributed by atoms with Crippen LogP contribution < -0.4 is 5.32 Å². The van der Waals surface area contributed by atoms with E-state index in [-0.39, 0.29) is 0 Å². The zero-order valence-electron chi connectivity index (χ0n) is 9.61. The number of hydrogen-bond donors (Lipinski definition) is 1. The van der Waals surface area contributed by atoms with Gasteiger partial charge in [-0.3, -0.25) is 4.98 Å². The lowest BCUT2D eigenvalue weighted by Gasteiger charge is -2.28. The highest BCUT2D eigenvalue weighted by Crippen LogP contribution is 2.26. The van der Waals surface area contributed by atoms with Gasteiger partial charge in [-0.05, 0) is 24.8 Å². The maximum atomic E-state index is 8.98. The van der Waals surface area contributed by atoms with Crippen LogP contribution in [0.1, 0.15) is 38.2 Å². The van der Waals surface area contributed by atoms with Crippen LogP contribution in [-0.4, -0.2) is 11.0 Å². The van der Waals surface area contributed by atoms with E-state index in [4.69, 9.17) is 5.26 Å². The number of pyridine rings is 1. The SMILES string of the molecule is CC1CCCC(Nc2cnccc2C#N)C1. The third kappa shape index (κ3) is 2.52. The summed E-state index contributed by atoms with van der Waals surface area (Å²) in [6, 6.07) is 4.45. The molecule has 1 N–H and O–H groups in total. The predicted molar refractivity (Wildman–Crippen MR) is 64.0 cm³/mol. The molecule has 1 aliphatic carbocycles. The Morgan fingerprint density at radius 2 is 2.38 bits per heavy atom. The van der Waals surface area contributed by atoms with Gasteiger partial charge in [0.25, 0.3) is 0 Å². The van der Waals surface area contributed by atoms with E-state index in [0.717, 1.165) is 11.6 Å². The van der Waals surface area contributed by atoms with Gasteiger partial charge >= 0.3 is 0 Å². The van der Waals surface area contributed by atoms with E-state index in [9.17, 15) is 0 Å². The first-order chi connectivity index (χ1) is 7.79. The maximum Gasteiger partial charge on any atom is 0.101 e. The Labute approximate surface area is 96.5 Å². The first-order valence-electron chi connectivity index (χ1n) is 5.90. The van der Waals surface area contributed by atoms with E-state index < -0.39 is 0 Å². The fourth-order valence-corrected chi connectivity index (χ4v) is 2.39.